The van der Waals surface area contributed by atoms with E-state index in [2.05, 4.69) is 15.3 Å². The van der Waals surface area contributed by atoms with Crippen LogP contribution in [0.2, 0.25) is 0 Å². The summed E-state index contributed by atoms with van der Waals surface area (Å²) in [7, 11) is 1.99. The third kappa shape index (κ3) is 3.24. The highest BCUT2D eigenvalue weighted by atomic mass is 19.1. The number of anilines is 1. The van der Waals surface area contributed by atoms with Crippen LogP contribution >= 0.6 is 0 Å². The standard InChI is InChI=1S/C14H20FN5O/c1-19-3-2-16-14(19)18-10-11-8-12(15)13(17-9-11)20-4-6-21-7-5-20/h8-9H,2-7,10H2,1H3,(H,16,18). The highest BCUT2D eigenvalue weighted by Gasteiger charge is 2.17. The number of likely N-dealkylation sites (N-methyl/N-ethyl adjacent to an activating group) is 1. The van der Waals surface area contributed by atoms with Gasteiger partial charge in [0.2, 0.25) is 0 Å². The summed E-state index contributed by atoms with van der Waals surface area (Å²) in [6.45, 7) is 4.86. The van der Waals surface area contributed by atoms with Gasteiger partial charge in [0.15, 0.2) is 17.6 Å². The average molecular weight is 293 g/mol. The Morgan fingerprint density at radius 2 is 2.14 bits per heavy atom. The number of hydrogen-bond donors (Lipinski definition) is 1. The van der Waals surface area contributed by atoms with Crippen LogP contribution in [0.15, 0.2) is 17.3 Å². The molecule has 0 bridgehead atoms. The minimum Gasteiger partial charge on any atom is -0.378 e. The van der Waals surface area contributed by atoms with Crippen LogP contribution in [-0.4, -0.2) is 62.3 Å². The highest BCUT2D eigenvalue weighted by Crippen LogP contribution is 2.18. The van der Waals surface area contributed by atoms with E-state index in [1.54, 1.807) is 12.3 Å². The fraction of sp³-hybridized carbons (Fsp3) is 0.571. The first kappa shape index (κ1) is 14.1. The molecule has 0 radical (unpaired) electrons. The molecule has 0 unspecified atom stereocenters. The zero-order valence-electron chi connectivity index (χ0n) is 12.2. The molecule has 3 heterocycles. The van der Waals surface area contributed by atoms with Gasteiger partial charge in [-0.25, -0.2) is 9.37 Å². The molecule has 0 aromatic carbocycles. The lowest BCUT2D eigenvalue weighted by Gasteiger charge is -2.28. The second kappa shape index (κ2) is 6.26. The summed E-state index contributed by atoms with van der Waals surface area (Å²) in [4.78, 5) is 12.6. The molecule has 0 saturated carbocycles. The first-order valence-electron chi connectivity index (χ1n) is 7.20. The van der Waals surface area contributed by atoms with Crippen LogP contribution < -0.4 is 10.2 Å². The third-order valence-electron chi connectivity index (χ3n) is 3.70. The number of nitrogens with one attached hydrogen (secondary N) is 1. The minimum atomic E-state index is -0.280. The summed E-state index contributed by atoms with van der Waals surface area (Å²) in [5.74, 6) is 0.989. The molecule has 0 aliphatic carbocycles. The lowest BCUT2D eigenvalue weighted by molar-refractivity contribution is 0.122. The van der Waals surface area contributed by atoms with Gasteiger partial charge in [0.25, 0.3) is 0 Å². The normalized spacial score (nSPS) is 18.9. The van der Waals surface area contributed by atoms with E-state index in [4.69, 9.17) is 4.74 Å². The first-order chi connectivity index (χ1) is 10.2. The van der Waals surface area contributed by atoms with Crippen molar-refractivity contribution in [3.8, 4) is 0 Å². The van der Waals surface area contributed by atoms with Gasteiger partial charge in [0.1, 0.15) is 0 Å². The van der Waals surface area contributed by atoms with Crippen molar-refractivity contribution in [1.82, 2.24) is 15.2 Å². The van der Waals surface area contributed by atoms with Crippen LogP contribution in [0.1, 0.15) is 5.56 Å². The predicted molar refractivity (Wildman–Crippen MR) is 79.0 cm³/mol. The molecule has 1 aromatic heterocycles. The fourth-order valence-electron chi connectivity index (χ4n) is 2.48. The molecular formula is C14H20FN5O. The van der Waals surface area contributed by atoms with Crippen molar-refractivity contribution < 1.29 is 9.13 Å². The van der Waals surface area contributed by atoms with Crippen molar-refractivity contribution in [3.63, 3.8) is 0 Å². The third-order valence-corrected chi connectivity index (χ3v) is 3.70. The molecule has 0 spiro atoms. The predicted octanol–water partition coefficient (Wildman–Crippen LogP) is 0.448. The van der Waals surface area contributed by atoms with Gasteiger partial charge in [-0.1, -0.05) is 0 Å². The number of morpholine rings is 1. The van der Waals surface area contributed by atoms with Gasteiger partial charge < -0.3 is 19.9 Å². The Kier molecular flexibility index (Phi) is 4.19. The SMILES string of the molecule is CN1CCN=C1NCc1cnc(N2CCOCC2)c(F)c1. The van der Waals surface area contributed by atoms with E-state index < -0.39 is 0 Å². The summed E-state index contributed by atoms with van der Waals surface area (Å²) in [5, 5.41) is 3.21. The molecule has 7 heteroatoms. The Labute approximate surface area is 123 Å². The Bertz CT molecular complexity index is 530. The largest absolute Gasteiger partial charge is 0.378 e. The number of aromatic nitrogens is 1. The second-order valence-corrected chi connectivity index (χ2v) is 5.23. The quantitative estimate of drug-likeness (QED) is 0.877. The van der Waals surface area contributed by atoms with Gasteiger partial charge in [-0.3, -0.25) is 4.99 Å². The van der Waals surface area contributed by atoms with Crippen LogP contribution in [-0.2, 0) is 11.3 Å². The maximum absolute atomic E-state index is 14.2. The molecule has 114 valence electrons. The number of hydrogen-bond acceptors (Lipinski definition) is 6. The van der Waals surface area contributed by atoms with Gasteiger partial charge in [0, 0.05) is 39.4 Å². The van der Waals surface area contributed by atoms with Crippen LogP contribution in [0.25, 0.3) is 0 Å². The molecule has 0 amide bonds. The van der Waals surface area contributed by atoms with Crippen molar-refractivity contribution >= 4 is 11.8 Å². The van der Waals surface area contributed by atoms with E-state index in [1.807, 2.05) is 16.8 Å². The van der Waals surface area contributed by atoms with E-state index in [0.29, 0.717) is 38.7 Å². The van der Waals surface area contributed by atoms with E-state index in [0.717, 1.165) is 24.6 Å². The smallest absolute Gasteiger partial charge is 0.194 e. The Morgan fingerprint density at radius 1 is 1.33 bits per heavy atom. The Hall–Kier alpha value is -1.89. The van der Waals surface area contributed by atoms with Crippen molar-refractivity contribution in [2.24, 2.45) is 4.99 Å². The van der Waals surface area contributed by atoms with Gasteiger partial charge >= 0.3 is 0 Å². The molecule has 1 N–H and O–H groups in total. The number of ether oxygens (including phenoxy) is 1. The number of halogens is 1. The number of guanidine groups is 1. The zero-order valence-corrected chi connectivity index (χ0v) is 12.2. The molecule has 1 fully saturated rings. The van der Waals surface area contributed by atoms with Crippen LogP contribution in [0.4, 0.5) is 10.2 Å². The molecule has 1 saturated heterocycles. The number of rotatable bonds is 3. The molecule has 3 rings (SSSR count). The topological polar surface area (TPSA) is 53.0 Å². The van der Waals surface area contributed by atoms with E-state index in [-0.39, 0.29) is 5.82 Å². The Balaban J connectivity index is 1.63. The molecule has 21 heavy (non-hydrogen) atoms. The molecule has 0 atom stereocenters. The van der Waals surface area contributed by atoms with Gasteiger partial charge in [-0.05, 0) is 11.6 Å². The first-order valence-corrected chi connectivity index (χ1v) is 7.20. The lowest BCUT2D eigenvalue weighted by Crippen LogP contribution is -2.37. The minimum absolute atomic E-state index is 0.280. The monoisotopic (exact) mass is 293 g/mol. The van der Waals surface area contributed by atoms with Crippen LogP contribution in [0, 0.1) is 5.82 Å². The van der Waals surface area contributed by atoms with Crippen molar-refractivity contribution in [3.05, 3.63) is 23.6 Å². The number of pyridine rings is 1. The summed E-state index contributed by atoms with van der Waals surface area (Å²) < 4.78 is 19.5. The maximum atomic E-state index is 14.2. The summed E-state index contributed by atoms with van der Waals surface area (Å²) in [6, 6.07) is 1.54. The van der Waals surface area contributed by atoms with Gasteiger partial charge in [-0.2, -0.15) is 0 Å². The fourth-order valence-corrected chi connectivity index (χ4v) is 2.48. The van der Waals surface area contributed by atoms with Gasteiger partial charge in [-0.15, -0.1) is 0 Å². The van der Waals surface area contributed by atoms with E-state index in [1.165, 1.54) is 0 Å². The summed E-state index contributed by atoms with van der Waals surface area (Å²) in [5.41, 5.74) is 0.813. The van der Waals surface area contributed by atoms with Crippen molar-refractivity contribution in [2.75, 3.05) is 51.3 Å². The molecule has 6 nitrogen and oxygen atoms in total. The molecule has 2 aliphatic heterocycles. The van der Waals surface area contributed by atoms with E-state index >= 15 is 0 Å². The van der Waals surface area contributed by atoms with E-state index in [9.17, 15) is 4.39 Å². The molecular weight excluding hydrogens is 273 g/mol. The summed E-state index contributed by atoms with van der Waals surface area (Å²) in [6.07, 6.45) is 1.72. The zero-order chi connectivity index (χ0) is 14.7. The summed E-state index contributed by atoms with van der Waals surface area (Å²) >= 11 is 0. The van der Waals surface area contributed by atoms with Crippen molar-refractivity contribution in [2.45, 2.75) is 6.54 Å². The van der Waals surface area contributed by atoms with Crippen LogP contribution in [0.3, 0.4) is 0 Å². The lowest BCUT2D eigenvalue weighted by atomic mass is 10.2. The van der Waals surface area contributed by atoms with Crippen LogP contribution in [0.5, 0.6) is 0 Å². The number of nitrogens with zero attached hydrogens (tertiary/aromatic N) is 4. The Morgan fingerprint density at radius 3 is 2.81 bits per heavy atom. The molecule has 1 aromatic rings. The van der Waals surface area contributed by atoms with Gasteiger partial charge in [0.05, 0.1) is 19.8 Å². The second-order valence-electron chi connectivity index (χ2n) is 5.23. The molecule has 2 aliphatic rings. The maximum Gasteiger partial charge on any atom is 0.194 e. The van der Waals surface area contributed by atoms with Crippen molar-refractivity contribution in [1.29, 1.82) is 0 Å². The number of aliphatic imine (C=N–C) groups is 1. The highest BCUT2D eigenvalue weighted by molar-refractivity contribution is 5.81. The average Bonchev–Trinajstić information content (AvgIpc) is 2.91.